The summed E-state index contributed by atoms with van der Waals surface area (Å²) in [5.41, 5.74) is 1.81. The minimum atomic E-state index is 0.133. The van der Waals surface area contributed by atoms with Gasteiger partial charge in [-0.1, -0.05) is 43.2 Å². The summed E-state index contributed by atoms with van der Waals surface area (Å²) < 4.78 is 0. The zero-order valence-electron chi connectivity index (χ0n) is 16.5. The lowest BCUT2D eigenvalue weighted by atomic mass is 9.64. The molecule has 1 aromatic rings. The highest BCUT2D eigenvalue weighted by Crippen LogP contribution is 2.52. The number of hydrogen-bond acceptors (Lipinski definition) is 2. The number of likely N-dealkylation sites (tertiary alicyclic amines) is 1. The molecule has 3 fully saturated rings. The van der Waals surface area contributed by atoms with Crippen LogP contribution in [0, 0.1) is 11.3 Å². The average Bonchev–Trinajstić information content (AvgIpc) is 3.25. The Balaban J connectivity index is 1.46. The number of benzene rings is 1. The fraction of sp³-hybridized carbons (Fsp3) is 0.696. The first-order valence-corrected chi connectivity index (χ1v) is 10.5. The monoisotopic (exact) mass is 354 g/mol. The average molecular weight is 355 g/mol. The van der Waals surface area contributed by atoms with Gasteiger partial charge in [-0.15, -0.1) is 0 Å². The van der Waals surface area contributed by atoms with Gasteiger partial charge in [-0.2, -0.15) is 0 Å². The van der Waals surface area contributed by atoms with Gasteiger partial charge in [0.05, 0.1) is 0 Å². The van der Waals surface area contributed by atoms with Gasteiger partial charge in [0, 0.05) is 25.0 Å². The Bertz CT molecular complexity index is 625. The molecule has 2 saturated carbocycles. The van der Waals surface area contributed by atoms with Gasteiger partial charge in [-0.3, -0.25) is 9.69 Å². The Morgan fingerprint density at radius 3 is 2.31 bits per heavy atom. The van der Waals surface area contributed by atoms with Crippen molar-refractivity contribution in [3.8, 4) is 0 Å². The standard InChI is InChI=1S/C23H34N2O/c1-24(2)23(20-10-4-3-5-11-20)14-12-22(13-15-23)16-21(26)25(18-22)17-19-8-6-7-9-19/h3-5,10-11,19H,6-9,12-18H2,1-2H3. The summed E-state index contributed by atoms with van der Waals surface area (Å²) in [6.45, 7) is 2.04. The van der Waals surface area contributed by atoms with E-state index in [4.69, 9.17) is 0 Å². The van der Waals surface area contributed by atoms with Gasteiger partial charge in [0.25, 0.3) is 0 Å². The first-order chi connectivity index (χ1) is 12.5. The van der Waals surface area contributed by atoms with E-state index in [2.05, 4.69) is 54.2 Å². The molecule has 142 valence electrons. The lowest BCUT2D eigenvalue weighted by molar-refractivity contribution is -0.128. The predicted octanol–water partition coefficient (Wildman–Crippen LogP) is 4.43. The number of hydrogen-bond donors (Lipinski definition) is 0. The second-order valence-electron chi connectivity index (χ2n) is 9.39. The Morgan fingerprint density at radius 1 is 1.04 bits per heavy atom. The van der Waals surface area contributed by atoms with E-state index in [0.29, 0.717) is 5.91 Å². The molecule has 0 radical (unpaired) electrons. The van der Waals surface area contributed by atoms with E-state index in [0.717, 1.165) is 38.3 Å². The molecule has 1 saturated heterocycles. The number of carbonyl (C=O) groups excluding carboxylic acids is 1. The molecule has 3 nitrogen and oxygen atoms in total. The molecule has 26 heavy (non-hydrogen) atoms. The number of amides is 1. The van der Waals surface area contributed by atoms with Gasteiger partial charge < -0.3 is 4.90 Å². The highest BCUT2D eigenvalue weighted by atomic mass is 16.2. The maximum absolute atomic E-state index is 12.7. The summed E-state index contributed by atoms with van der Waals surface area (Å²) in [7, 11) is 4.44. The Kier molecular flexibility index (Phi) is 4.85. The summed E-state index contributed by atoms with van der Waals surface area (Å²) in [6.07, 6.45) is 10.8. The van der Waals surface area contributed by atoms with E-state index in [1.807, 2.05) is 0 Å². The van der Waals surface area contributed by atoms with Crippen LogP contribution in [0.25, 0.3) is 0 Å². The normalized spacial score (nSPS) is 32.9. The van der Waals surface area contributed by atoms with Crippen LogP contribution < -0.4 is 0 Å². The first-order valence-electron chi connectivity index (χ1n) is 10.5. The topological polar surface area (TPSA) is 23.6 Å². The quantitative estimate of drug-likeness (QED) is 0.799. The summed E-state index contributed by atoms with van der Waals surface area (Å²) in [5, 5.41) is 0. The van der Waals surface area contributed by atoms with Crippen molar-refractivity contribution >= 4 is 5.91 Å². The highest BCUT2D eigenvalue weighted by molar-refractivity contribution is 5.79. The van der Waals surface area contributed by atoms with Crippen molar-refractivity contribution in [1.29, 1.82) is 0 Å². The molecule has 1 aliphatic heterocycles. The van der Waals surface area contributed by atoms with Crippen LogP contribution in [0.3, 0.4) is 0 Å². The molecule has 0 N–H and O–H groups in total. The third-order valence-corrected chi connectivity index (χ3v) is 7.66. The highest BCUT2D eigenvalue weighted by Gasteiger charge is 2.50. The van der Waals surface area contributed by atoms with E-state index >= 15 is 0 Å². The van der Waals surface area contributed by atoms with Crippen LogP contribution in [0.5, 0.6) is 0 Å². The van der Waals surface area contributed by atoms with Crippen molar-refractivity contribution < 1.29 is 4.79 Å². The molecular formula is C23H34N2O. The lowest BCUT2D eigenvalue weighted by Crippen LogP contribution is -2.47. The van der Waals surface area contributed by atoms with Crippen LogP contribution in [0.15, 0.2) is 30.3 Å². The third-order valence-electron chi connectivity index (χ3n) is 7.66. The molecule has 1 amide bonds. The van der Waals surface area contributed by atoms with Gasteiger partial charge >= 0.3 is 0 Å². The van der Waals surface area contributed by atoms with Crippen LogP contribution in [0.2, 0.25) is 0 Å². The smallest absolute Gasteiger partial charge is 0.223 e. The van der Waals surface area contributed by atoms with Gasteiger partial charge in [0.2, 0.25) is 5.91 Å². The number of nitrogens with zero attached hydrogens (tertiary/aromatic N) is 2. The van der Waals surface area contributed by atoms with Crippen molar-refractivity contribution in [3.05, 3.63) is 35.9 Å². The van der Waals surface area contributed by atoms with Gasteiger partial charge in [-0.25, -0.2) is 0 Å². The molecule has 0 aromatic heterocycles. The minimum Gasteiger partial charge on any atom is -0.342 e. The van der Waals surface area contributed by atoms with E-state index < -0.39 is 0 Å². The minimum absolute atomic E-state index is 0.133. The van der Waals surface area contributed by atoms with Crippen molar-refractivity contribution in [2.24, 2.45) is 11.3 Å². The first kappa shape index (κ1) is 18.0. The molecule has 0 unspecified atom stereocenters. The second-order valence-corrected chi connectivity index (χ2v) is 9.39. The molecule has 1 heterocycles. The molecule has 3 aliphatic rings. The van der Waals surface area contributed by atoms with Crippen molar-refractivity contribution in [1.82, 2.24) is 9.80 Å². The zero-order chi connectivity index (χ0) is 18.2. The van der Waals surface area contributed by atoms with Crippen molar-refractivity contribution in [3.63, 3.8) is 0 Å². The Morgan fingerprint density at radius 2 is 1.69 bits per heavy atom. The fourth-order valence-electron chi connectivity index (χ4n) is 5.92. The van der Waals surface area contributed by atoms with E-state index in [1.54, 1.807) is 0 Å². The fourth-order valence-corrected chi connectivity index (χ4v) is 5.92. The van der Waals surface area contributed by atoms with Crippen LogP contribution in [-0.2, 0) is 10.3 Å². The maximum Gasteiger partial charge on any atom is 0.223 e. The van der Waals surface area contributed by atoms with E-state index in [-0.39, 0.29) is 11.0 Å². The molecule has 3 heteroatoms. The molecule has 2 aliphatic carbocycles. The summed E-state index contributed by atoms with van der Waals surface area (Å²) in [4.78, 5) is 17.4. The molecular weight excluding hydrogens is 320 g/mol. The van der Waals surface area contributed by atoms with Gasteiger partial charge in [-0.05, 0) is 69.5 Å². The van der Waals surface area contributed by atoms with Crippen molar-refractivity contribution in [2.45, 2.75) is 63.3 Å². The SMILES string of the molecule is CN(C)C1(c2ccccc2)CCC2(CC1)CC(=O)N(CC1CCCC1)C2. The van der Waals surface area contributed by atoms with E-state index in [9.17, 15) is 4.79 Å². The van der Waals surface area contributed by atoms with Crippen LogP contribution >= 0.6 is 0 Å². The molecule has 4 rings (SSSR count). The maximum atomic E-state index is 12.7. The number of carbonyl (C=O) groups is 1. The second kappa shape index (κ2) is 6.99. The molecule has 0 atom stereocenters. The largest absolute Gasteiger partial charge is 0.342 e. The Labute approximate surface area is 158 Å². The molecule has 0 bridgehead atoms. The van der Waals surface area contributed by atoms with Gasteiger partial charge in [0.1, 0.15) is 0 Å². The Hall–Kier alpha value is -1.35. The number of rotatable bonds is 4. The summed E-state index contributed by atoms with van der Waals surface area (Å²) >= 11 is 0. The predicted molar refractivity (Wildman–Crippen MR) is 106 cm³/mol. The molecule has 1 spiro atoms. The van der Waals surface area contributed by atoms with Gasteiger partial charge in [0.15, 0.2) is 0 Å². The van der Waals surface area contributed by atoms with E-state index in [1.165, 1.54) is 44.1 Å². The lowest BCUT2D eigenvalue weighted by Gasteiger charge is -2.49. The van der Waals surface area contributed by atoms with Crippen LogP contribution in [0.4, 0.5) is 0 Å². The molecule has 1 aromatic carbocycles. The van der Waals surface area contributed by atoms with Crippen LogP contribution in [-0.4, -0.2) is 42.9 Å². The summed E-state index contributed by atoms with van der Waals surface area (Å²) in [6, 6.07) is 11.0. The van der Waals surface area contributed by atoms with Crippen molar-refractivity contribution in [2.75, 3.05) is 27.2 Å². The zero-order valence-corrected chi connectivity index (χ0v) is 16.5. The third kappa shape index (κ3) is 3.19. The summed E-state index contributed by atoms with van der Waals surface area (Å²) in [5.74, 6) is 1.19. The van der Waals surface area contributed by atoms with Crippen LogP contribution in [0.1, 0.15) is 63.4 Å².